The summed E-state index contributed by atoms with van der Waals surface area (Å²) in [6.45, 7) is 14.6. The maximum atomic E-state index is 13.1. The van der Waals surface area contributed by atoms with Gasteiger partial charge < -0.3 is 25.0 Å². The molecule has 2 atom stereocenters. The van der Waals surface area contributed by atoms with Gasteiger partial charge in [0.05, 0.1) is 18.8 Å². The fourth-order valence-corrected chi connectivity index (χ4v) is 4.81. The zero-order valence-electron chi connectivity index (χ0n) is 21.8. The summed E-state index contributed by atoms with van der Waals surface area (Å²) < 4.78 is 12.7. The second kappa shape index (κ2) is 10.4. The summed E-state index contributed by atoms with van der Waals surface area (Å²) in [5.41, 5.74) is 5.20. The third-order valence-corrected chi connectivity index (χ3v) is 7.00. The predicted molar refractivity (Wildman–Crippen MR) is 142 cm³/mol. The first-order valence-corrected chi connectivity index (χ1v) is 12.7. The molecule has 0 aromatic heterocycles. The van der Waals surface area contributed by atoms with Crippen LogP contribution in [-0.4, -0.2) is 37.9 Å². The standard InChI is InChI=1S/C29H39N3O3/c1-19(2)25-10-9-11-26(20(3)4)27(25)31-28(33)30-18-29(34-21(5)22(6)35-29)23-12-14-24(15-13-23)32-16-7-8-17-32/h7-15,19-22H,16-18H2,1-6H3,(H2,30,31,33)/t21-,22-/m1/s1. The van der Waals surface area contributed by atoms with Gasteiger partial charge in [0.15, 0.2) is 0 Å². The number of amides is 2. The smallest absolute Gasteiger partial charge is 0.319 e. The second-order valence-corrected chi connectivity index (χ2v) is 10.3. The Hall–Kier alpha value is -2.83. The summed E-state index contributed by atoms with van der Waals surface area (Å²) in [4.78, 5) is 15.4. The van der Waals surface area contributed by atoms with Crippen LogP contribution < -0.4 is 15.5 Å². The van der Waals surface area contributed by atoms with Gasteiger partial charge in [-0.2, -0.15) is 0 Å². The lowest BCUT2D eigenvalue weighted by Gasteiger charge is -2.30. The molecule has 1 fully saturated rings. The van der Waals surface area contributed by atoms with Gasteiger partial charge in [0.1, 0.15) is 0 Å². The molecule has 0 radical (unpaired) electrons. The maximum Gasteiger partial charge on any atom is 0.319 e. The molecule has 6 heteroatoms. The first-order valence-electron chi connectivity index (χ1n) is 12.7. The number of hydrogen-bond donors (Lipinski definition) is 2. The number of nitrogens with one attached hydrogen (secondary N) is 2. The van der Waals surface area contributed by atoms with Crippen molar-refractivity contribution in [3.8, 4) is 0 Å². The number of rotatable bonds is 7. The Kier molecular flexibility index (Phi) is 7.53. The number of urea groups is 1. The number of anilines is 2. The number of carbonyl (C=O) groups is 1. The molecule has 188 valence electrons. The molecular weight excluding hydrogens is 438 g/mol. The van der Waals surface area contributed by atoms with Crippen molar-refractivity contribution in [2.45, 2.75) is 71.4 Å². The largest absolute Gasteiger partial charge is 0.364 e. The molecule has 2 amide bonds. The Bertz CT molecular complexity index is 1020. The summed E-state index contributed by atoms with van der Waals surface area (Å²) in [7, 11) is 0. The van der Waals surface area contributed by atoms with Crippen molar-refractivity contribution in [2.75, 3.05) is 29.9 Å². The van der Waals surface area contributed by atoms with Crippen LogP contribution in [0.25, 0.3) is 0 Å². The highest BCUT2D eigenvalue weighted by Gasteiger charge is 2.46. The highest BCUT2D eigenvalue weighted by molar-refractivity contribution is 5.91. The molecule has 2 N–H and O–H groups in total. The second-order valence-electron chi connectivity index (χ2n) is 10.3. The molecule has 2 heterocycles. The molecule has 2 aliphatic rings. The Balaban J connectivity index is 1.52. The van der Waals surface area contributed by atoms with Crippen LogP contribution >= 0.6 is 0 Å². The lowest BCUT2D eigenvalue weighted by Crippen LogP contribution is -2.44. The van der Waals surface area contributed by atoms with Crippen molar-refractivity contribution < 1.29 is 14.3 Å². The van der Waals surface area contributed by atoms with Gasteiger partial charge in [0, 0.05) is 30.0 Å². The van der Waals surface area contributed by atoms with Gasteiger partial charge in [0.2, 0.25) is 5.79 Å². The third kappa shape index (κ3) is 5.39. The average Bonchev–Trinajstić information content (AvgIpc) is 3.46. The minimum absolute atomic E-state index is 0.0865. The maximum absolute atomic E-state index is 13.1. The Morgan fingerprint density at radius 2 is 1.49 bits per heavy atom. The number of ether oxygens (including phenoxy) is 2. The molecule has 0 unspecified atom stereocenters. The van der Waals surface area contributed by atoms with Crippen LogP contribution in [0.15, 0.2) is 54.6 Å². The van der Waals surface area contributed by atoms with E-state index in [1.165, 1.54) is 0 Å². The molecule has 4 rings (SSSR count). The van der Waals surface area contributed by atoms with E-state index in [0.29, 0.717) is 11.8 Å². The van der Waals surface area contributed by atoms with Gasteiger partial charge in [-0.3, -0.25) is 0 Å². The van der Waals surface area contributed by atoms with E-state index in [9.17, 15) is 4.79 Å². The topological polar surface area (TPSA) is 62.8 Å². The van der Waals surface area contributed by atoms with Crippen LogP contribution in [0, 0.1) is 0 Å². The van der Waals surface area contributed by atoms with Crippen molar-refractivity contribution in [3.05, 3.63) is 71.3 Å². The van der Waals surface area contributed by atoms with Gasteiger partial charge in [-0.1, -0.05) is 70.2 Å². The number of benzene rings is 2. The minimum Gasteiger partial charge on any atom is -0.364 e. The molecule has 0 bridgehead atoms. The van der Waals surface area contributed by atoms with Crippen molar-refractivity contribution in [2.24, 2.45) is 0 Å². The van der Waals surface area contributed by atoms with Crippen molar-refractivity contribution in [1.29, 1.82) is 0 Å². The normalized spacial score (nSPS) is 21.2. The van der Waals surface area contributed by atoms with E-state index in [4.69, 9.17) is 9.47 Å². The van der Waals surface area contributed by atoms with Crippen molar-refractivity contribution in [1.82, 2.24) is 5.32 Å². The quantitative estimate of drug-likeness (QED) is 0.473. The van der Waals surface area contributed by atoms with Crippen molar-refractivity contribution in [3.63, 3.8) is 0 Å². The van der Waals surface area contributed by atoms with Crippen LogP contribution in [0.3, 0.4) is 0 Å². The molecule has 2 aromatic rings. The van der Waals surface area contributed by atoms with E-state index in [1.807, 2.05) is 26.0 Å². The van der Waals surface area contributed by atoms with E-state index < -0.39 is 5.79 Å². The minimum atomic E-state index is -1.03. The van der Waals surface area contributed by atoms with Gasteiger partial charge >= 0.3 is 6.03 Å². The van der Waals surface area contributed by atoms with E-state index in [2.05, 4.69) is 85.7 Å². The third-order valence-electron chi connectivity index (χ3n) is 7.00. The summed E-state index contributed by atoms with van der Waals surface area (Å²) in [6.07, 6.45) is 4.17. The number of hydrogen-bond acceptors (Lipinski definition) is 4. The van der Waals surface area contributed by atoms with E-state index in [1.54, 1.807) is 0 Å². The molecule has 0 spiro atoms. The molecule has 2 aromatic carbocycles. The summed E-state index contributed by atoms with van der Waals surface area (Å²) in [5.74, 6) is -0.443. The highest BCUT2D eigenvalue weighted by Crippen LogP contribution is 2.38. The first-order chi connectivity index (χ1) is 16.7. The summed E-state index contributed by atoms with van der Waals surface area (Å²) in [6, 6.07) is 14.2. The van der Waals surface area contributed by atoms with E-state index >= 15 is 0 Å². The van der Waals surface area contributed by atoms with Crippen LogP contribution in [0.4, 0.5) is 16.2 Å². The Morgan fingerprint density at radius 1 is 0.943 bits per heavy atom. The SMILES string of the molecule is CC(C)c1cccc(C(C)C)c1NC(=O)NCC1(c2ccc(N3CC=CC3)cc2)O[C@H](C)[C@@H](C)O1. The van der Waals surface area contributed by atoms with E-state index in [0.717, 1.165) is 41.2 Å². The summed E-state index contributed by atoms with van der Waals surface area (Å²) in [5, 5.41) is 6.16. The predicted octanol–water partition coefficient (Wildman–Crippen LogP) is 6.11. The molecule has 35 heavy (non-hydrogen) atoms. The van der Waals surface area contributed by atoms with Crippen LogP contribution in [0.1, 0.15) is 70.1 Å². The van der Waals surface area contributed by atoms with Gasteiger partial charge in [-0.15, -0.1) is 0 Å². The Morgan fingerprint density at radius 3 is 2.00 bits per heavy atom. The fourth-order valence-electron chi connectivity index (χ4n) is 4.81. The van der Waals surface area contributed by atoms with Crippen LogP contribution in [0.5, 0.6) is 0 Å². The monoisotopic (exact) mass is 477 g/mol. The Labute approximate surface area is 209 Å². The lowest BCUT2D eigenvalue weighted by molar-refractivity contribution is -0.176. The van der Waals surface area contributed by atoms with Gasteiger partial charge in [-0.25, -0.2) is 4.79 Å². The first kappa shape index (κ1) is 25.3. The van der Waals surface area contributed by atoms with Crippen molar-refractivity contribution >= 4 is 17.4 Å². The molecule has 0 saturated carbocycles. The zero-order valence-corrected chi connectivity index (χ0v) is 21.8. The average molecular weight is 478 g/mol. The van der Waals surface area contributed by atoms with Crippen LogP contribution in [0.2, 0.25) is 0 Å². The number of carbonyl (C=O) groups excluding carboxylic acids is 1. The zero-order chi connectivity index (χ0) is 25.2. The number of nitrogens with zero attached hydrogens (tertiary/aromatic N) is 1. The highest BCUT2D eigenvalue weighted by atomic mass is 16.8. The molecule has 2 aliphatic heterocycles. The number of para-hydroxylation sites is 1. The van der Waals surface area contributed by atoms with Crippen LogP contribution in [-0.2, 0) is 15.3 Å². The molecule has 6 nitrogen and oxygen atoms in total. The van der Waals surface area contributed by atoms with Gasteiger partial charge in [0.25, 0.3) is 0 Å². The molecule has 0 aliphatic carbocycles. The lowest BCUT2D eigenvalue weighted by atomic mass is 9.93. The van der Waals surface area contributed by atoms with E-state index in [-0.39, 0.29) is 24.8 Å². The van der Waals surface area contributed by atoms with Gasteiger partial charge in [-0.05, 0) is 48.9 Å². The molecule has 1 saturated heterocycles. The fraction of sp³-hybridized carbons (Fsp3) is 0.483. The summed E-state index contributed by atoms with van der Waals surface area (Å²) >= 11 is 0. The molecular formula is C29H39N3O3.